The number of aryl methyl sites for hydroxylation is 3. The van der Waals surface area contributed by atoms with Gasteiger partial charge in [0.15, 0.2) is 5.96 Å². The number of aliphatic imine (C=N–C) groups is 1. The summed E-state index contributed by atoms with van der Waals surface area (Å²) >= 11 is 0. The molecule has 0 spiro atoms. The fraction of sp³-hybridized carbons (Fsp3) is 0.500. The van der Waals surface area contributed by atoms with Crippen LogP contribution in [0.3, 0.4) is 0 Å². The Morgan fingerprint density at radius 1 is 1.14 bits per heavy atom. The van der Waals surface area contributed by atoms with Gasteiger partial charge in [-0.15, -0.1) is 0 Å². The van der Waals surface area contributed by atoms with Gasteiger partial charge in [-0.05, 0) is 38.5 Å². The highest BCUT2D eigenvalue weighted by atomic mass is 19.1. The van der Waals surface area contributed by atoms with Crippen LogP contribution in [0.2, 0.25) is 0 Å². The Labute approximate surface area is 164 Å². The number of nitrogens with one attached hydrogen (secondary N) is 1. The van der Waals surface area contributed by atoms with Crippen molar-refractivity contribution in [1.29, 1.82) is 0 Å². The van der Waals surface area contributed by atoms with Crippen molar-refractivity contribution in [3.05, 3.63) is 47.3 Å². The summed E-state index contributed by atoms with van der Waals surface area (Å²) in [7, 11) is 1.77. The quantitative estimate of drug-likeness (QED) is 0.484. The molecule has 0 aliphatic carbocycles. The van der Waals surface area contributed by atoms with Crippen LogP contribution in [-0.4, -0.2) is 60.4 Å². The molecule has 0 saturated carbocycles. The first-order chi connectivity index (χ1) is 13.5. The Bertz CT molecular complexity index is 824. The second-order valence-electron chi connectivity index (χ2n) is 7.05. The predicted octanol–water partition coefficient (Wildman–Crippen LogP) is 2.57. The van der Waals surface area contributed by atoms with Crippen molar-refractivity contribution in [3.63, 3.8) is 0 Å². The monoisotopic (exact) mass is 390 g/mol. The molecular weight excluding hydrogens is 362 g/mol. The van der Waals surface area contributed by atoms with E-state index in [1.165, 1.54) is 17.8 Å². The molecule has 1 aromatic carbocycles. The van der Waals surface area contributed by atoms with Gasteiger partial charge in [-0.1, -0.05) is 0 Å². The van der Waals surface area contributed by atoms with Crippen molar-refractivity contribution >= 4 is 11.6 Å². The SMILES string of the molecule is CN=C(NCCCn1nc(C)cc1C)N1CCN(c2cc(F)ccc2F)CC1. The Kier molecular flexibility index (Phi) is 6.49. The van der Waals surface area contributed by atoms with Crippen LogP contribution in [0.1, 0.15) is 17.8 Å². The molecule has 1 aromatic heterocycles. The molecule has 0 unspecified atom stereocenters. The third-order valence-corrected chi connectivity index (χ3v) is 4.97. The number of guanidine groups is 1. The van der Waals surface area contributed by atoms with E-state index >= 15 is 0 Å². The molecule has 6 nitrogen and oxygen atoms in total. The summed E-state index contributed by atoms with van der Waals surface area (Å²) in [6, 6.07) is 5.66. The molecule has 28 heavy (non-hydrogen) atoms. The van der Waals surface area contributed by atoms with E-state index in [-0.39, 0.29) is 5.82 Å². The summed E-state index contributed by atoms with van der Waals surface area (Å²) in [6.45, 7) is 8.35. The van der Waals surface area contributed by atoms with Gasteiger partial charge in [-0.25, -0.2) is 8.78 Å². The van der Waals surface area contributed by atoms with Gasteiger partial charge in [0.05, 0.1) is 11.4 Å². The van der Waals surface area contributed by atoms with E-state index in [1.807, 2.05) is 16.5 Å². The Balaban J connectivity index is 1.47. The number of aromatic nitrogens is 2. The zero-order valence-corrected chi connectivity index (χ0v) is 16.8. The average molecular weight is 390 g/mol. The Morgan fingerprint density at radius 2 is 1.89 bits per heavy atom. The fourth-order valence-corrected chi connectivity index (χ4v) is 3.55. The van der Waals surface area contributed by atoms with E-state index in [2.05, 4.69) is 33.3 Å². The van der Waals surface area contributed by atoms with Gasteiger partial charge < -0.3 is 15.1 Å². The van der Waals surface area contributed by atoms with Crippen LogP contribution in [0.5, 0.6) is 0 Å². The zero-order chi connectivity index (χ0) is 20.1. The molecule has 8 heteroatoms. The van der Waals surface area contributed by atoms with Crippen molar-refractivity contribution < 1.29 is 8.78 Å². The summed E-state index contributed by atoms with van der Waals surface area (Å²) in [4.78, 5) is 8.39. The minimum Gasteiger partial charge on any atom is -0.366 e. The first kappa shape index (κ1) is 20.1. The highest BCUT2D eigenvalue weighted by Crippen LogP contribution is 2.21. The third-order valence-electron chi connectivity index (χ3n) is 4.97. The van der Waals surface area contributed by atoms with E-state index < -0.39 is 5.82 Å². The minimum absolute atomic E-state index is 0.326. The van der Waals surface area contributed by atoms with E-state index in [9.17, 15) is 8.78 Å². The van der Waals surface area contributed by atoms with Crippen molar-refractivity contribution in [1.82, 2.24) is 20.0 Å². The number of halogens is 2. The van der Waals surface area contributed by atoms with Crippen LogP contribution in [0.25, 0.3) is 0 Å². The summed E-state index contributed by atoms with van der Waals surface area (Å²) < 4.78 is 29.5. The lowest BCUT2D eigenvalue weighted by Gasteiger charge is -2.37. The third kappa shape index (κ3) is 4.79. The molecule has 1 aliphatic heterocycles. The smallest absolute Gasteiger partial charge is 0.193 e. The van der Waals surface area contributed by atoms with E-state index in [1.54, 1.807) is 7.05 Å². The van der Waals surface area contributed by atoms with Gasteiger partial charge >= 0.3 is 0 Å². The van der Waals surface area contributed by atoms with Crippen molar-refractivity contribution in [2.75, 3.05) is 44.7 Å². The molecule has 1 aliphatic rings. The highest BCUT2D eigenvalue weighted by molar-refractivity contribution is 5.80. The van der Waals surface area contributed by atoms with Crippen molar-refractivity contribution in [2.45, 2.75) is 26.8 Å². The van der Waals surface area contributed by atoms with Crippen LogP contribution in [0, 0.1) is 25.5 Å². The summed E-state index contributed by atoms with van der Waals surface area (Å²) in [5.74, 6) is 0.0353. The number of benzene rings is 1. The van der Waals surface area contributed by atoms with E-state index in [0.717, 1.165) is 37.2 Å². The zero-order valence-electron chi connectivity index (χ0n) is 16.8. The van der Waals surface area contributed by atoms with Crippen molar-refractivity contribution in [2.24, 2.45) is 4.99 Å². The van der Waals surface area contributed by atoms with Gasteiger partial charge in [0.1, 0.15) is 11.6 Å². The average Bonchev–Trinajstić information content (AvgIpc) is 3.01. The number of hydrogen-bond acceptors (Lipinski definition) is 3. The lowest BCUT2D eigenvalue weighted by atomic mass is 10.2. The Hall–Kier alpha value is -2.64. The molecule has 1 N–H and O–H groups in total. The normalized spacial score (nSPS) is 15.2. The molecule has 2 aromatic rings. The largest absolute Gasteiger partial charge is 0.366 e. The lowest BCUT2D eigenvalue weighted by molar-refractivity contribution is 0.369. The van der Waals surface area contributed by atoms with Crippen LogP contribution in [-0.2, 0) is 6.54 Å². The molecule has 1 fully saturated rings. The molecule has 0 bridgehead atoms. The highest BCUT2D eigenvalue weighted by Gasteiger charge is 2.21. The lowest BCUT2D eigenvalue weighted by Crippen LogP contribution is -2.52. The summed E-state index contributed by atoms with van der Waals surface area (Å²) in [5.41, 5.74) is 2.53. The summed E-state index contributed by atoms with van der Waals surface area (Å²) in [6.07, 6.45) is 0.940. The Morgan fingerprint density at radius 3 is 2.54 bits per heavy atom. The number of rotatable bonds is 5. The van der Waals surface area contributed by atoms with Crippen LogP contribution >= 0.6 is 0 Å². The maximum Gasteiger partial charge on any atom is 0.193 e. The maximum absolute atomic E-state index is 14.0. The first-order valence-corrected chi connectivity index (χ1v) is 9.64. The van der Waals surface area contributed by atoms with Gasteiger partial charge in [-0.3, -0.25) is 9.67 Å². The van der Waals surface area contributed by atoms with Crippen LogP contribution in [0.15, 0.2) is 29.3 Å². The minimum atomic E-state index is -0.418. The van der Waals surface area contributed by atoms with E-state index in [4.69, 9.17) is 0 Å². The molecule has 3 rings (SSSR count). The second kappa shape index (κ2) is 9.03. The van der Waals surface area contributed by atoms with Crippen LogP contribution < -0.4 is 10.2 Å². The summed E-state index contributed by atoms with van der Waals surface area (Å²) in [5, 5.41) is 7.87. The standard InChI is InChI=1S/C20H28F2N6/c1-15-13-16(2)28(25-15)8-4-7-24-20(23-3)27-11-9-26(10-12-27)19-14-17(21)5-6-18(19)22/h5-6,13-14H,4,7-12H2,1-3H3,(H,23,24). The molecule has 152 valence electrons. The molecular formula is C20H28F2N6. The van der Waals surface area contributed by atoms with Gasteiger partial charge in [0.2, 0.25) is 0 Å². The molecule has 2 heterocycles. The second-order valence-corrected chi connectivity index (χ2v) is 7.05. The maximum atomic E-state index is 14.0. The predicted molar refractivity (Wildman–Crippen MR) is 108 cm³/mol. The van der Waals surface area contributed by atoms with Gasteiger partial charge in [0.25, 0.3) is 0 Å². The first-order valence-electron chi connectivity index (χ1n) is 9.64. The number of anilines is 1. The van der Waals surface area contributed by atoms with Gasteiger partial charge in [-0.2, -0.15) is 5.10 Å². The number of nitrogens with zero attached hydrogens (tertiary/aromatic N) is 5. The molecule has 0 radical (unpaired) electrons. The van der Waals surface area contributed by atoms with Crippen molar-refractivity contribution in [3.8, 4) is 0 Å². The molecule has 0 amide bonds. The van der Waals surface area contributed by atoms with E-state index in [0.29, 0.717) is 31.9 Å². The topological polar surface area (TPSA) is 48.7 Å². The number of piperazine rings is 1. The molecule has 0 atom stereocenters. The van der Waals surface area contributed by atoms with Crippen LogP contribution in [0.4, 0.5) is 14.5 Å². The van der Waals surface area contributed by atoms with Gasteiger partial charge in [0, 0.05) is 58.1 Å². The fourth-order valence-electron chi connectivity index (χ4n) is 3.55. The molecule has 1 saturated heterocycles. The number of hydrogen-bond donors (Lipinski definition) is 1.